The van der Waals surface area contributed by atoms with Crippen molar-refractivity contribution in [2.45, 2.75) is 32.4 Å². The third kappa shape index (κ3) is 4.98. The van der Waals surface area contributed by atoms with Gasteiger partial charge in [0.2, 0.25) is 5.91 Å². The Balaban J connectivity index is 1.22. The highest BCUT2D eigenvalue weighted by molar-refractivity contribution is 5.82. The van der Waals surface area contributed by atoms with E-state index in [1.54, 1.807) is 12.1 Å². The van der Waals surface area contributed by atoms with E-state index in [-0.39, 0.29) is 17.6 Å². The molecule has 2 aliphatic rings. The van der Waals surface area contributed by atoms with E-state index in [2.05, 4.69) is 46.3 Å². The molecular weight excluding hydrogens is 413 g/mol. The van der Waals surface area contributed by atoms with E-state index >= 15 is 0 Å². The second-order valence-electron chi connectivity index (χ2n) is 9.26. The summed E-state index contributed by atoms with van der Waals surface area (Å²) >= 11 is 0. The van der Waals surface area contributed by atoms with E-state index in [1.165, 1.54) is 23.1 Å². The molecule has 3 aromatic rings. The zero-order valence-corrected chi connectivity index (χ0v) is 18.9. The number of amides is 1. The minimum absolute atomic E-state index is 0.0353. The van der Waals surface area contributed by atoms with Crippen LogP contribution in [0.25, 0.3) is 10.9 Å². The second-order valence-corrected chi connectivity index (χ2v) is 9.26. The molecule has 0 N–H and O–H groups in total. The van der Waals surface area contributed by atoms with Crippen LogP contribution in [0.5, 0.6) is 0 Å². The largest absolute Gasteiger partial charge is 0.334 e. The van der Waals surface area contributed by atoms with Crippen LogP contribution in [0.1, 0.15) is 30.4 Å². The molecule has 5 rings (SSSR count). The summed E-state index contributed by atoms with van der Waals surface area (Å²) in [6.07, 6.45) is 9.01. The summed E-state index contributed by atoms with van der Waals surface area (Å²) < 4.78 is 13.3. The molecule has 1 aromatic heterocycles. The van der Waals surface area contributed by atoms with Crippen molar-refractivity contribution in [3.63, 3.8) is 0 Å². The fourth-order valence-electron chi connectivity index (χ4n) is 5.28. The van der Waals surface area contributed by atoms with Gasteiger partial charge in [-0.25, -0.2) is 4.39 Å². The van der Waals surface area contributed by atoms with Gasteiger partial charge in [-0.1, -0.05) is 42.5 Å². The predicted molar refractivity (Wildman–Crippen MR) is 129 cm³/mol. The Morgan fingerprint density at radius 1 is 0.939 bits per heavy atom. The summed E-state index contributed by atoms with van der Waals surface area (Å²) in [6, 6.07) is 17.0. The van der Waals surface area contributed by atoms with Gasteiger partial charge in [-0.05, 0) is 73.7 Å². The number of halogens is 1. The van der Waals surface area contributed by atoms with Crippen LogP contribution in [0.3, 0.4) is 0 Å². The number of rotatable bonds is 5. The van der Waals surface area contributed by atoms with Crippen molar-refractivity contribution >= 4 is 16.8 Å². The molecule has 0 aliphatic carbocycles. The van der Waals surface area contributed by atoms with Crippen molar-refractivity contribution in [2.24, 2.45) is 11.8 Å². The number of allylic oxidation sites excluding steroid dienone is 1. The van der Waals surface area contributed by atoms with Gasteiger partial charge >= 0.3 is 0 Å². The van der Waals surface area contributed by atoms with Crippen LogP contribution >= 0.6 is 0 Å². The molecule has 0 saturated carbocycles. The number of hydrogen-bond acceptors (Lipinski definition) is 3. The van der Waals surface area contributed by atoms with Crippen LogP contribution in [-0.4, -0.2) is 40.3 Å². The predicted octanol–water partition coefficient (Wildman–Crippen LogP) is 5.19. The van der Waals surface area contributed by atoms with E-state index in [1.807, 2.05) is 17.2 Å². The van der Waals surface area contributed by atoms with Crippen LogP contribution in [-0.2, 0) is 17.9 Å². The van der Waals surface area contributed by atoms with Gasteiger partial charge in [-0.2, -0.15) is 0 Å². The SMILES string of the molecule is O=C1[C@H](C2CCN(Cc3cccc4ncccc34)CC2)CC=CCN1Cc1ccc(F)cc1. The van der Waals surface area contributed by atoms with Gasteiger partial charge in [-0.3, -0.25) is 14.7 Å². The van der Waals surface area contributed by atoms with Crippen LogP contribution in [0.4, 0.5) is 4.39 Å². The van der Waals surface area contributed by atoms with Crippen molar-refractivity contribution in [1.82, 2.24) is 14.8 Å². The highest BCUT2D eigenvalue weighted by atomic mass is 19.1. The molecule has 5 heteroatoms. The maximum atomic E-state index is 13.4. The summed E-state index contributed by atoms with van der Waals surface area (Å²) in [4.78, 5) is 22.3. The maximum absolute atomic E-state index is 13.4. The molecule has 1 amide bonds. The molecule has 2 aromatic carbocycles. The van der Waals surface area contributed by atoms with Crippen molar-refractivity contribution in [3.05, 3.63) is 89.9 Å². The third-order valence-electron chi connectivity index (χ3n) is 7.13. The molecule has 0 unspecified atom stereocenters. The van der Waals surface area contributed by atoms with Crippen molar-refractivity contribution in [2.75, 3.05) is 19.6 Å². The number of aromatic nitrogens is 1. The van der Waals surface area contributed by atoms with Gasteiger partial charge < -0.3 is 4.90 Å². The normalized spacial score (nSPS) is 20.3. The first kappa shape index (κ1) is 21.8. The Morgan fingerprint density at radius 2 is 1.76 bits per heavy atom. The molecule has 0 spiro atoms. The molecular formula is C28H30FN3O. The number of hydrogen-bond donors (Lipinski definition) is 0. The quantitative estimate of drug-likeness (QED) is 0.509. The number of carbonyl (C=O) groups is 1. The van der Waals surface area contributed by atoms with Gasteiger partial charge in [0, 0.05) is 37.1 Å². The fourth-order valence-corrected chi connectivity index (χ4v) is 5.28. The molecule has 3 heterocycles. The molecule has 1 atom stereocenters. The zero-order chi connectivity index (χ0) is 22.6. The lowest BCUT2D eigenvalue weighted by Gasteiger charge is -2.36. The topological polar surface area (TPSA) is 36.4 Å². The summed E-state index contributed by atoms with van der Waals surface area (Å²) in [5, 5.41) is 1.22. The Morgan fingerprint density at radius 3 is 2.58 bits per heavy atom. The fraction of sp³-hybridized carbons (Fsp3) is 0.357. The summed E-state index contributed by atoms with van der Waals surface area (Å²) in [7, 11) is 0. The van der Waals surface area contributed by atoms with Gasteiger partial charge in [0.1, 0.15) is 5.82 Å². The van der Waals surface area contributed by atoms with Crippen molar-refractivity contribution in [3.8, 4) is 0 Å². The second kappa shape index (κ2) is 9.84. The number of pyridine rings is 1. The van der Waals surface area contributed by atoms with Crippen LogP contribution in [0, 0.1) is 17.7 Å². The van der Waals surface area contributed by atoms with Gasteiger partial charge in [0.05, 0.1) is 5.52 Å². The summed E-state index contributed by atoms with van der Waals surface area (Å²) in [6.45, 7) is 4.10. The minimum atomic E-state index is -0.245. The number of nitrogens with zero attached hydrogens (tertiary/aromatic N) is 3. The number of fused-ring (bicyclic) bond motifs is 1. The Kier molecular flexibility index (Phi) is 6.49. The minimum Gasteiger partial charge on any atom is -0.334 e. The Labute approximate surface area is 194 Å². The van der Waals surface area contributed by atoms with E-state index in [0.717, 1.165) is 50.0 Å². The molecule has 170 valence electrons. The lowest BCUT2D eigenvalue weighted by Crippen LogP contribution is -2.42. The average Bonchev–Trinajstić information content (AvgIpc) is 3.03. The Bertz CT molecular complexity index is 1130. The van der Waals surface area contributed by atoms with Crippen molar-refractivity contribution < 1.29 is 9.18 Å². The Hall–Kier alpha value is -3.05. The summed E-state index contributed by atoms with van der Waals surface area (Å²) in [5.41, 5.74) is 3.33. The number of piperidine rings is 1. The van der Waals surface area contributed by atoms with E-state index in [9.17, 15) is 9.18 Å². The molecule has 1 saturated heterocycles. The lowest BCUT2D eigenvalue weighted by molar-refractivity contribution is -0.137. The van der Waals surface area contributed by atoms with Crippen LogP contribution in [0.15, 0.2) is 72.9 Å². The third-order valence-corrected chi connectivity index (χ3v) is 7.13. The van der Waals surface area contributed by atoms with Crippen molar-refractivity contribution in [1.29, 1.82) is 0 Å². The maximum Gasteiger partial charge on any atom is 0.226 e. The van der Waals surface area contributed by atoms with E-state index < -0.39 is 0 Å². The zero-order valence-electron chi connectivity index (χ0n) is 18.9. The average molecular weight is 444 g/mol. The highest BCUT2D eigenvalue weighted by Gasteiger charge is 2.34. The first-order chi connectivity index (χ1) is 16.2. The van der Waals surface area contributed by atoms with E-state index in [4.69, 9.17) is 0 Å². The smallest absolute Gasteiger partial charge is 0.226 e. The van der Waals surface area contributed by atoms with Crippen LogP contribution < -0.4 is 0 Å². The molecule has 2 aliphatic heterocycles. The first-order valence-electron chi connectivity index (χ1n) is 11.9. The van der Waals surface area contributed by atoms with Crippen LogP contribution in [0.2, 0.25) is 0 Å². The number of carbonyl (C=O) groups excluding carboxylic acids is 1. The lowest BCUT2D eigenvalue weighted by atomic mass is 9.81. The van der Waals surface area contributed by atoms with Gasteiger partial charge in [-0.15, -0.1) is 0 Å². The van der Waals surface area contributed by atoms with Gasteiger partial charge in [0.15, 0.2) is 0 Å². The summed E-state index contributed by atoms with van der Waals surface area (Å²) in [5.74, 6) is 0.433. The number of likely N-dealkylation sites (tertiary alicyclic amines) is 1. The molecule has 0 bridgehead atoms. The number of benzene rings is 2. The first-order valence-corrected chi connectivity index (χ1v) is 11.9. The molecule has 33 heavy (non-hydrogen) atoms. The monoisotopic (exact) mass is 443 g/mol. The molecule has 4 nitrogen and oxygen atoms in total. The standard InChI is InChI=1S/C28H30FN3O/c29-24-11-9-21(10-12-24)19-32-16-2-1-6-26(28(32)33)22-13-17-31(18-14-22)20-23-5-3-8-27-25(23)7-4-15-30-27/h1-5,7-12,15,22,26H,6,13-14,16-20H2/t26-/m0/s1. The highest BCUT2D eigenvalue weighted by Crippen LogP contribution is 2.32. The molecule has 1 fully saturated rings. The van der Waals surface area contributed by atoms with Gasteiger partial charge in [0.25, 0.3) is 0 Å². The molecule has 0 radical (unpaired) electrons. The van der Waals surface area contributed by atoms with E-state index in [0.29, 0.717) is 19.0 Å².